The maximum absolute atomic E-state index is 12.7. The standard InChI is InChI=1S/C15H15N5O2S2/c21-13-10(9-17-15-20(13)6-8-24-15)18-14(22)19-5-2-1-3-11(19)12-16-4-7-23-12/h4,6-9,11H,1-3,5H2,(H,18,22)/t11-/m1/s1. The lowest BCUT2D eigenvalue weighted by atomic mass is 10.0. The summed E-state index contributed by atoms with van der Waals surface area (Å²) in [6, 6.07) is -0.302. The number of likely N-dealkylation sites (tertiary alicyclic amines) is 1. The van der Waals surface area contributed by atoms with Crippen LogP contribution in [0.2, 0.25) is 0 Å². The summed E-state index contributed by atoms with van der Waals surface area (Å²) < 4.78 is 1.44. The molecule has 4 heterocycles. The highest BCUT2D eigenvalue weighted by Crippen LogP contribution is 2.32. The molecule has 0 aliphatic carbocycles. The number of carbonyl (C=O) groups excluding carboxylic acids is 1. The van der Waals surface area contributed by atoms with Crippen molar-refractivity contribution in [3.05, 3.63) is 44.7 Å². The van der Waals surface area contributed by atoms with Gasteiger partial charge in [0.2, 0.25) is 0 Å². The second-order valence-corrected chi connectivity index (χ2v) is 7.34. The summed E-state index contributed by atoms with van der Waals surface area (Å²) in [5, 5.41) is 7.37. The number of thiazole rings is 2. The Morgan fingerprint density at radius 2 is 2.17 bits per heavy atom. The summed E-state index contributed by atoms with van der Waals surface area (Å²) in [5.74, 6) is 0. The van der Waals surface area contributed by atoms with Gasteiger partial charge in [-0.15, -0.1) is 22.7 Å². The topological polar surface area (TPSA) is 79.6 Å². The molecule has 1 N–H and O–H groups in total. The Bertz CT molecular complexity index is 917. The molecular weight excluding hydrogens is 346 g/mol. The minimum Gasteiger partial charge on any atom is -0.315 e. The number of aromatic nitrogens is 3. The third kappa shape index (κ3) is 2.69. The van der Waals surface area contributed by atoms with Crippen LogP contribution in [0, 0.1) is 0 Å². The number of carbonyl (C=O) groups is 1. The van der Waals surface area contributed by atoms with Gasteiger partial charge in [-0.05, 0) is 19.3 Å². The van der Waals surface area contributed by atoms with Gasteiger partial charge in [-0.3, -0.25) is 9.20 Å². The Morgan fingerprint density at radius 1 is 1.25 bits per heavy atom. The van der Waals surface area contributed by atoms with Crippen LogP contribution in [0.4, 0.5) is 10.5 Å². The van der Waals surface area contributed by atoms with E-state index in [1.807, 2.05) is 5.38 Å². The van der Waals surface area contributed by atoms with Gasteiger partial charge < -0.3 is 10.2 Å². The number of amides is 2. The van der Waals surface area contributed by atoms with Crippen LogP contribution in [0.3, 0.4) is 0 Å². The van der Waals surface area contributed by atoms with Crippen LogP contribution >= 0.6 is 22.7 Å². The number of piperidine rings is 1. The minimum absolute atomic E-state index is 0.0284. The average molecular weight is 361 g/mol. The van der Waals surface area contributed by atoms with E-state index < -0.39 is 0 Å². The molecule has 0 bridgehead atoms. The first-order chi connectivity index (χ1) is 11.7. The van der Waals surface area contributed by atoms with Crippen molar-refractivity contribution in [2.24, 2.45) is 0 Å². The predicted molar refractivity (Wildman–Crippen MR) is 93.8 cm³/mol. The van der Waals surface area contributed by atoms with Crippen molar-refractivity contribution < 1.29 is 4.79 Å². The summed E-state index contributed by atoms with van der Waals surface area (Å²) in [5.41, 5.74) is -0.0724. The van der Waals surface area contributed by atoms with Crippen LogP contribution in [0.5, 0.6) is 0 Å². The van der Waals surface area contributed by atoms with Crippen LogP contribution in [0.1, 0.15) is 30.3 Å². The van der Waals surface area contributed by atoms with Crippen molar-refractivity contribution >= 4 is 39.4 Å². The van der Waals surface area contributed by atoms with Gasteiger partial charge in [0.05, 0.1) is 12.2 Å². The Labute approximate surface area is 145 Å². The second-order valence-electron chi connectivity index (χ2n) is 5.54. The molecule has 0 aromatic carbocycles. The first-order valence-electron chi connectivity index (χ1n) is 7.66. The molecule has 2 amide bonds. The number of hydrogen-bond acceptors (Lipinski definition) is 6. The molecule has 1 fully saturated rings. The van der Waals surface area contributed by atoms with Crippen LogP contribution in [0.15, 0.2) is 34.1 Å². The maximum Gasteiger partial charge on any atom is 0.322 e. The van der Waals surface area contributed by atoms with E-state index in [0.29, 0.717) is 11.5 Å². The van der Waals surface area contributed by atoms with E-state index in [-0.39, 0.29) is 23.3 Å². The van der Waals surface area contributed by atoms with E-state index in [1.54, 1.807) is 34.0 Å². The molecule has 9 heteroatoms. The van der Waals surface area contributed by atoms with Gasteiger partial charge in [0, 0.05) is 29.7 Å². The lowest BCUT2D eigenvalue weighted by Gasteiger charge is -2.34. The molecule has 24 heavy (non-hydrogen) atoms. The second kappa shape index (κ2) is 6.33. The van der Waals surface area contributed by atoms with E-state index in [9.17, 15) is 9.59 Å². The summed E-state index contributed by atoms with van der Waals surface area (Å²) in [4.78, 5) is 36.1. The largest absolute Gasteiger partial charge is 0.322 e. The number of nitrogens with one attached hydrogen (secondary N) is 1. The van der Waals surface area contributed by atoms with E-state index in [4.69, 9.17) is 0 Å². The molecule has 0 spiro atoms. The highest BCUT2D eigenvalue weighted by molar-refractivity contribution is 7.15. The van der Waals surface area contributed by atoms with E-state index in [1.165, 1.54) is 21.9 Å². The van der Waals surface area contributed by atoms with Gasteiger partial charge in [0.1, 0.15) is 10.7 Å². The molecule has 0 saturated carbocycles. The summed E-state index contributed by atoms with van der Waals surface area (Å²) in [7, 11) is 0. The maximum atomic E-state index is 12.7. The third-order valence-corrected chi connectivity index (χ3v) is 5.73. The molecule has 1 saturated heterocycles. The molecule has 7 nitrogen and oxygen atoms in total. The van der Waals surface area contributed by atoms with Gasteiger partial charge >= 0.3 is 6.03 Å². The van der Waals surface area contributed by atoms with Crippen molar-refractivity contribution in [2.75, 3.05) is 11.9 Å². The van der Waals surface area contributed by atoms with E-state index in [0.717, 1.165) is 24.3 Å². The zero-order valence-corrected chi connectivity index (χ0v) is 14.3. The van der Waals surface area contributed by atoms with E-state index in [2.05, 4.69) is 15.3 Å². The molecule has 4 rings (SSSR count). The monoisotopic (exact) mass is 361 g/mol. The predicted octanol–water partition coefficient (Wildman–Crippen LogP) is 2.97. The van der Waals surface area contributed by atoms with Crippen LogP contribution < -0.4 is 10.9 Å². The average Bonchev–Trinajstić information content (AvgIpc) is 3.29. The Hall–Kier alpha value is -2.26. The number of hydrogen-bond donors (Lipinski definition) is 1. The van der Waals surface area contributed by atoms with Crippen LogP contribution in [0.25, 0.3) is 4.96 Å². The first kappa shape index (κ1) is 15.3. The Kier molecular flexibility index (Phi) is 4.03. The van der Waals surface area contributed by atoms with E-state index >= 15 is 0 Å². The smallest absolute Gasteiger partial charge is 0.315 e. The lowest BCUT2D eigenvalue weighted by molar-refractivity contribution is 0.163. The van der Waals surface area contributed by atoms with Crippen molar-refractivity contribution in [2.45, 2.75) is 25.3 Å². The van der Waals surface area contributed by atoms with Gasteiger partial charge in [-0.2, -0.15) is 0 Å². The molecule has 124 valence electrons. The molecule has 1 aliphatic rings. The summed E-state index contributed by atoms with van der Waals surface area (Å²) in [6.45, 7) is 0.658. The number of rotatable bonds is 2. The van der Waals surface area contributed by atoms with Gasteiger partial charge in [-0.25, -0.2) is 14.8 Å². The van der Waals surface area contributed by atoms with Crippen molar-refractivity contribution in [3.63, 3.8) is 0 Å². The Balaban J connectivity index is 1.59. The fourth-order valence-electron chi connectivity index (χ4n) is 2.93. The van der Waals surface area contributed by atoms with Crippen molar-refractivity contribution in [1.29, 1.82) is 0 Å². The van der Waals surface area contributed by atoms with Crippen molar-refractivity contribution in [1.82, 2.24) is 19.3 Å². The van der Waals surface area contributed by atoms with Gasteiger partial charge in [-0.1, -0.05) is 0 Å². The zero-order chi connectivity index (χ0) is 16.5. The molecule has 0 unspecified atom stereocenters. The van der Waals surface area contributed by atoms with Crippen LogP contribution in [-0.2, 0) is 0 Å². The van der Waals surface area contributed by atoms with Crippen LogP contribution in [-0.4, -0.2) is 31.8 Å². The number of anilines is 1. The summed E-state index contributed by atoms with van der Waals surface area (Å²) >= 11 is 2.93. The lowest BCUT2D eigenvalue weighted by Crippen LogP contribution is -2.42. The molecule has 1 aliphatic heterocycles. The SMILES string of the molecule is O=C(Nc1cnc2sccn2c1=O)N1CCCC[C@@H]1c1nccs1. The first-order valence-corrected chi connectivity index (χ1v) is 9.42. The van der Waals surface area contributed by atoms with Crippen molar-refractivity contribution in [3.8, 4) is 0 Å². The van der Waals surface area contributed by atoms with Gasteiger partial charge in [0.25, 0.3) is 5.56 Å². The molecule has 3 aromatic heterocycles. The molecule has 3 aromatic rings. The fraction of sp³-hybridized carbons (Fsp3) is 0.333. The molecular formula is C15H15N5O2S2. The number of nitrogens with zero attached hydrogens (tertiary/aromatic N) is 4. The summed E-state index contributed by atoms with van der Waals surface area (Å²) in [6.07, 6.45) is 7.75. The normalized spacial score (nSPS) is 18.0. The Morgan fingerprint density at radius 3 is 3.00 bits per heavy atom. The molecule has 0 radical (unpaired) electrons. The van der Waals surface area contributed by atoms with Gasteiger partial charge in [0.15, 0.2) is 4.96 Å². The number of urea groups is 1. The number of fused-ring (bicyclic) bond motifs is 1. The highest BCUT2D eigenvalue weighted by Gasteiger charge is 2.30. The zero-order valence-electron chi connectivity index (χ0n) is 12.7. The highest BCUT2D eigenvalue weighted by atomic mass is 32.1. The minimum atomic E-state index is -0.274. The fourth-order valence-corrected chi connectivity index (χ4v) is 4.39. The third-order valence-electron chi connectivity index (χ3n) is 4.08. The quantitative estimate of drug-likeness (QED) is 0.761. The molecule has 1 atom stereocenters.